The molecule has 2 aromatic rings. The third-order valence-electron chi connectivity index (χ3n) is 2.51. The number of benzene rings is 1. The molecular weight excluding hydrogens is 266 g/mol. The molecule has 0 fully saturated rings. The summed E-state index contributed by atoms with van der Waals surface area (Å²) in [6, 6.07) is 6.43. The molecule has 1 amide bonds. The van der Waals surface area contributed by atoms with Gasteiger partial charge in [0.1, 0.15) is 5.75 Å². The highest BCUT2D eigenvalue weighted by Gasteiger charge is 2.13. The fraction of sp³-hybridized carbons (Fsp3) is 0.0769. The maximum Gasteiger partial charge on any atom is 0.259 e. The Morgan fingerprint density at radius 3 is 2.95 bits per heavy atom. The molecule has 0 unspecified atom stereocenters. The number of carbonyl (C=O) groups is 1. The second-order valence-corrected chi connectivity index (χ2v) is 4.20. The van der Waals surface area contributed by atoms with Gasteiger partial charge in [0.15, 0.2) is 0 Å². The third kappa shape index (κ3) is 2.95. The van der Waals surface area contributed by atoms with Crippen LogP contribution >= 0.6 is 11.6 Å². The van der Waals surface area contributed by atoms with Gasteiger partial charge >= 0.3 is 0 Å². The summed E-state index contributed by atoms with van der Waals surface area (Å²) in [6.07, 6.45) is 2.98. The number of rotatable bonds is 3. The van der Waals surface area contributed by atoms with E-state index in [1.165, 1.54) is 19.5 Å². The van der Waals surface area contributed by atoms with E-state index in [0.717, 1.165) is 0 Å². The number of pyridine rings is 1. The van der Waals surface area contributed by atoms with Crippen molar-refractivity contribution < 1.29 is 9.53 Å². The highest BCUT2D eigenvalue weighted by Crippen LogP contribution is 2.24. The molecule has 1 aromatic carbocycles. The summed E-state index contributed by atoms with van der Waals surface area (Å²) < 4.78 is 5.08. The van der Waals surface area contributed by atoms with E-state index in [2.05, 4.69) is 10.3 Å². The lowest BCUT2D eigenvalue weighted by molar-refractivity contribution is 0.102. The van der Waals surface area contributed by atoms with Crippen LogP contribution in [-0.2, 0) is 0 Å². The standard InChI is InChI=1S/C13H12ClN3O2/c1-19-12-7-16-5-4-9(12)13(18)17-11-6-8(14)2-3-10(11)15/h2-7H,15H2,1H3,(H,17,18). The zero-order valence-corrected chi connectivity index (χ0v) is 10.9. The molecule has 0 aliphatic heterocycles. The number of methoxy groups -OCH3 is 1. The Morgan fingerprint density at radius 1 is 1.42 bits per heavy atom. The fourth-order valence-corrected chi connectivity index (χ4v) is 1.73. The normalized spacial score (nSPS) is 10.0. The number of hydrogen-bond donors (Lipinski definition) is 2. The van der Waals surface area contributed by atoms with Crippen LogP contribution in [0.15, 0.2) is 36.7 Å². The number of nitrogens with two attached hydrogens (primary N) is 1. The highest BCUT2D eigenvalue weighted by molar-refractivity contribution is 6.31. The van der Waals surface area contributed by atoms with Crippen LogP contribution in [0.1, 0.15) is 10.4 Å². The Balaban J connectivity index is 2.28. The second kappa shape index (κ2) is 5.58. The first-order valence-electron chi connectivity index (χ1n) is 5.46. The van der Waals surface area contributed by atoms with E-state index in [4.69, 9.17) is 22.1 Å². The molecule has 0 aliphatic rings. The number of anilines is 2. The Bertz CT molecular complexity index is 617. The van der Waals surface area contributed by atoms with Crippen LogP contribution in [0.5, 0.6) is 5.75 Å². The lowest BCUT2D eigenvalue weighted by Crippen LogP contribution is -2.14. The van der Waals surface area contributed by atoms with E-state index >= 15 is 0 Å². The summed E-state index contributed by atoms with van der Waals surface area (Å²) in [7, 11) is 1.47. The van der Waals surface area contributed by atoms with Gasteiger partial charge in [-0.05, 0) is 24.3 Å². The van der Waals surface area contributed by atoms with Crippen molar-refractivity contribution in [3.8, 4) is 5.75 Å². The maximum absolute atomic E-state index is 12.1. The second-order valence-electron chi connectivity index (χ2n) is 3.76. The molecule has 0 saturated carbocycles. The van der Waals surface area contributed by atoms with E-state index in [1.807, 2.05) is 0 Å². The molecule has 0 bridgehead atoms. The molecule has 2 rings (SSSR count). The maximum atomic E-state index is 12.1. The summed E-state index contributed by atoms with van der Waals surface area (Å²) in [5.41, 5.74) is 7.03. The zero-order chi connectivity index (χ0) is 13.8. The van der Waals surface area contributed by atoms with E-state index in [-0.39, 0.29) is 5.91 Å². The van der Waals surface area contributed by atoms with Crippen LogP contribution in [0.25, 0.3) is 0 Å². The van der Waals surface area contributed by atoms with Crippen molar-refractivity contribution in [2.75, 3.05) is 18.2 Å². The topological polar surface area (TPSA) is 77.2 Å². The van der Waals surface area contributed by atoms with Crippen molar-refractivity contribution in [3.05, 3.63) is 47.2 Å². The Hall–Kier alpha value is -2.27. The average Bonchev–Trinajstić information content (AvgIpc) is 2.42. The zero-order valence-electron chi connectivity index (χ0n) is 10.2. The monoisotopic (exact) mass is 277 g/mol. The minimum atomic E-state index is -0.340. The molecule has 0 aliphatic carbocycles. The first kappa shape index (κ1) is 13.2. The predicted molar refractivity (Wildman–Crippen MR) is 74.6 cm³/mol. The number of nitrogen functional groups attached to an aromatic ring is 1. The largest absolute Gasteiger partial charge is 0.494 e. The number of halogens is 1. The molecule has 1 aromatic heterocycles. The van der Waals surface area contributed by atoms with Crippen LogP contribution in [0.2, 0.25) is 5.02 Å². The lowest BCUT2D eigenvalue weighted by Gasteiger charge is -2.10. The lowest BCUT2D eigenvalue weighted by atomic mass is 10.2. The van der Waals surface area contributed by atoms with Crippen molar-refractivity contribution >= 4 is 28.9 Å². The molecule has 0 saturated heterocycles. The smallest absolute Gasteiger partial charge is 0.259 e. The predicted octanol–water partition coefficient (Wildman–Crippen LogP) is 2.58. The first-order chi connectivity index (χ1) is 9.11. The number of ether oxygens (including phenoxy) is 1. The Kier molecular flexibility index (Phi) is 3.87. The SMILES string of the molecule is COc1cnccc1C(=O)Nc1cc(Cl)ccc1N. The number of hydrogen-bond acceptors (Lipinski definition) is 4. The van der Waals surface area contributed by atoms with Crippen molar-refractivity contribution in [2.45, 2.75) is 0 Å². The fourth-order valence-electron chi connectivity index (χ4n) is 1.56. The minimum Gasteiger partial charge on any atom is -0.494 e. The van der Waals surface area contributed by atoms with Gasteiger partial charge in [-0.25, -0.2) is 0 Å². The molecule has 6 heteroatoms. The van der Waals surface area contributed by atoms with Gasteiger partial charge in [-0.1, -0.05) is 11.6 Å². The number of aromatic nitrogens is 1. The molecule has 0 atom stereocenters. The van der Waals surface area contributed by atoms with Crippen LogP contribution in [0, 0.1) is 0 Å². The van der Waals surface area contributed by atoms with Gasteiger partial charge in [-0.3, -0.25) is 9.78 Å². The molecule has 98 valence electrons. The first-order valence-corrected chi connectivity index (χ1v) is 5.84. The third-order valence-corrected chi connectivity index (χ3v) is 2.75. The highest BCUT2D eigenvalue weighted by atomic mass is 35.5. The van der Waals surface area contributed by atoms with Crippen molar-refractivity contribution in [3.63, 3.8) is 0 Å². The van der Waals surface area contributed by atoms with Gasteiger partial charge < -0.3 is 15.8 Å². The number of nitrogens with one attached hydrogen (secondary N) is 1. The van der Waals surface area contributed by atoms with Gasteiger partial charge in [0.2, 0.25) is 0 Å². The summed E-state index contributed by atoms with van der Waals surface area (Å²) in [6.45, 7) is 0. The van der Waals surface area contributed by atoms with E-state index in [1.54, 1.807) is 24.3 Å². The Morgan fingerprint density at radius 2 is 2.21 bits per heavy atom. The number of carbonyl (C=O) groups excluding carboxylic acids is 1. The minimum absolute atomic E-state index is 0.340. The molecular formula is C13H12ClN3O2. The summed E-state index contributed by atoms with van der Waals surface area (Å²) >= 11 is 5.86. The van der Waals surface area contributed by atoms with Crippen molar-refractivity contribution in [1.29, 1.82) is 0 Å². The van der Waals surface area contributed by atoms with Crippen molar-refractivity contribution in [2.24, 2.45) is 0 Å². The number of nitrogens with zero attached hydrogens (tertiary/aromatic N) is 1. The van der Waals surface area contributed by atoms with Gasteiger partial charge in [0.25, 0.3) is 5.91 Å². The van der Waals surface area contributed by atoms with Gasteiger partial charge in [0, 0.05) is 11.2 Å². The van der Waals surface area contributed by atoms with Gasteiger partial charge in [0.05, 0.1) is 30.2 Å². The summed E-state index contributed by atoms with van der Waals surface area (Å²) in [5, 5.41) is 3.18. The number of amides is 1. The van der Waals surface area contributed by atoms with E-state index in [0.29, 0.717) is 27.7 Å². The van der Waals surface area contributed by atoms with Crippen LogP contribution in [0.4, 0.5) is 11.4 Å². The quantitative estimate of drug-likeness (QED) is 0.846. The molecule has 0 radical (unpaired) electrons. The summed E-state index contributed by atoms with van der Waals surface area (Å²) in [5.74, 6) is 0.0498. The molecule has 19 heavy (non-hydrogen) atoms. The molecule has 1 heterocycles. The summed E-state index contributed by atoms with van der Waals surface area (Å²) in [4.78, 5) is 16.0. The van der Waals surface area contributed by atoms with Gasteiger partial charge in [-0.2, -0.15) is 0 Å². The van der Waals surface area contributed by atoms with Crippen LogP contribution < -0.4 is 15.8 Å². The molecule has 0 spiro atoms. The Labute approximate surface area is 115 Å². The van der Waals surface area contributed by atoms with Gasteiger partial charge in [-0.15, -0.1) is 0 Å². The molecule has 3 N–H and O–H groups in total. The van der Waals surface area contributed by atoms with E-state index < -0.39 is 0 Å². The van der Waals surface area contributed by atoms with Crippen molar-refractivity contribution in [1.82, 2.24) is 4.98 Å². The average molecular weight is 278 g/mol. The van der Waals surface area contributed by atoms with Crippen LogP contribution in [-0.4, -0.2) is 18.0 Å². The van der Waals surface area contributed by atoms with E-state index in [9.17, 15) is 4.79 Å². The van der Waals surface area contributed by atoms with Crippen LogP contribution in [0.3, 0.4) is 0 Å². The molecule has 5 nitrogen and oxygen atoms in total.